The molecule has 2 rings (SSSR count). The molecule has 0 saturated heterocycles. The van der Waals surface area contributed by atoms with E-state index in [1.54, 1.807) is 7.11 Å². The fraction of sp³-hybridized carbons (Fsp3) is 0.586. The number of ether oxygens (including phenoxy) is 1. The van der Waals surface area contributed by atoms with E-state index in [1.807, 2.05) is 54.6 Å². The van der Waals surface area contributed by atoms with Crippen molar-refractivity contribution in [3.8, 4) is 11.5 Å². The van der Waals surface area contributed by atoms with E-state index in [0.717, 1.165) is 37.0 Å². The summed E-state index contributed by atoms with van der Waals surface area (Å²) < 4.78 is 28.4. The summed E-state index contributed by atoms with van der Waals surface area (Å²) in [6.07, 6.45) is 14.6. The van der Waals surface area contributed by atoms with E-state index in [2.05, 4.69) is 18.5 Å². The molecular weight excluding hydrogens is 441 g/mol. The van der Waals surface area contributed by atoms with Crippen LogP contribution in [-0.2, 0) is 4.57 Å². The zero-order valence-electron chi connectivity index (χ0n) is 21.7. The van der Waals surface area contributed by atoms with Gasteiger partial charge in [-0.2, -0.15) is 0 Å². The number of hydrogen-bond donors (Lipinski definition) is 0. The van der Waals surface area contributed by atoms with Gasteiger partial charge in [0.25, 0.3) is 0 Å². The Balaban J connectivity index is 2.18. The zero-order valence-corrected chi connectivity index (χ0v) is 22.6. The minimum absolute atomic E-state index is 0.615. The standard InChI is InChI=1S/C29H46NO3P/c1-4-6-8-10-12-17-25-30(26-18-13-11-9-7-5-2)34(31,29-19-15-14-16-20-29)33-28-23-21-27(32-3)22-24-28/h14-16,19-24H,4-13,17-18,25-26H2,1-3H3. The average Bonchev–Trinajstić information content (AvgIpc) is 2.87. The van der Waals surface area contributed by atoms with Gasteiger partial charge in [-0.15, -0.1) is 0 Å². The summed E-state index contributed by atoms with van der Waals surface area (Å²) in [4.78, 5) is 0. The molecule has 34 heavy (non-hydrogen) atoms. The molecule has 0 aliphatic heterocycles. The second-order valence-electron chi connectivity index (χ2n) is 9.11. The minimum Gasteiger partial charge on any atom is -0.497 e. The fourth-order valence-corrected chi connectivity index (χ4v) is 6.51. The number of nitrogens with zero attached hydrogens (tertiary/aromatic N) is 1. The third kappa shape index (κ3) is 9.84. The number of rotatable bonds is 19. The van der Waals surface area contributed by atoms with Crippen LogP contribution in [0.15, 0.2) is 54.6 Å². The summed E-state index contributed by atoms with van der Waals surface area (Å²) in [5.41, 5.74) is 0. The van der Waals surface area contributed by atoms with Gasteiger partial charge in [-0.1, -0.05) is 96.3 Å². The second-order valence-corrected chi connectivity index (χ2v) is 11.4. The van der Waals surface area contributed by atoms with Crippen molar-refractivity contribution < 1.29 is 13.8 Å². The lowest BCUT2D eigenvalue weighted by Gasteiger charge is -2.32. The normalized spacial score (nSPS) is 13.1. The van der Waals surface area contributed by atoms with E-state index in [9.17, 15) is 4.57 Å². The van der Waals surface area contributed by atoms with Crippen molar-refractivity contribution in [1.29, 1.82) is 0 Å². The van der Waals surface area contributed by atoms with Crippen LogP contribution < -0.4 is 14.6 Å². The van der Waals surface area contributed by atoms with Gasteiger partial charge in [0.05, 0.1) is 12.4 Å². The Labute approximate surface area is 208 Å². The van der Waals surface area contributed by atoms with Crippen LogP contribution in [0, 0.1) is 0 Å². The predicted molar refractivity (Wildman–Crippen MR) is 146 cm³/mol. The Morgan fingerprint density at radius 1 is 0.647 bits per heavy atom. The Hall–Kier alpha value is -1.77. The first-order chi connectivity index (χ1) is 16.6. The third-order valence-electron chi connectivity index (χ3n) is 6.28. The Kier molecular flexibility index (Phi) is 14.1. The van der Waals surface area contributed by atoms with Crippen LogP contribution in [0.5, 0.6) is 11.5 Å². The van der Waals surface area contributed by atoms with Crippen LogP contribution in [0.1, 0.15) is 90.9 Å². The Morgan fingerprint density at radius 3 is 1.62 bits per heavy atom. The summed E-state index contributed by atoms with van der Waals surface area (Å²) in [6.45, 7) is 6.08. The summed E-state index contributed by atoms with van der Waals surface area (Å²) in [6, 6.07) is 17.2. The molecular formula is C29H46NO3P. The maximum Gasteiger partial charge on any atom is 0.349 e. The van der Waals surface area contributed by atoms with Crippen LogP contribution in [0.25, 0.3) is 0 Å². The topological polar surface area (TPSA) is 38.8 Å². The smallest absolute Gasteiger partial charge is 0.349 e. The lowest BCUT2D eigenvalue weighted by molar-refractivity contribution is 0.342. The number of methoxy groups -OCH3 is 1. The summed E-state index contributed by atoms with van der Waals surface area (Å²) in [5.74, 6) is 1.38. The first-order valence-corrected chi connectivity index (χ1v) is 15.0. The molecule has 0 heterocycles. The van der Waals surface area contributed by atoms with Gasteiger partial charge >= 0.3 is 7.52 Å². The van der Waals surface area contributed by atoms with Crippen molar-refractivity contribution in [2.75, 3.05) is 20.2 Å². The highest BCUT2D eigenvalue weighted by Gasteiger charge is 2.35. The second kappa shape index (κ2) is 16.8. The lowest BCUT2D eigenvalue weighted by Crippen LogP contribution is -2.31. The Morgan fingerprint density at radius 2 is 1.12 bits per heavy atom. The zero-order chi connectivity index (χ0) is 24.5. The molecule has 0 bridgehead atoms. The number of benzene rings is 2. The molecule has 0 N–H and O–H groups in total. The van der Waals surface area contributed by atoms with Gasteiger partial charge in [-0.3, -0.25) is 4.57 Å². The number of unbranched alkanes of at least 4 members (excludes halogenated alkanes) is 10. The molecule has 0 aliphatic carbocycles. The van der Waals surface area contributed by atoms with Crippen molar-refractivity contribution in [3.05, 3.63) is 54.6 Å². The third-order valence-corrected chi connectivity index (χ3v) is 8.84. The summed E-state index contributed by atoms with van der Waals surface area (Å²) >= 11 is 0. The van der Waals surface area contributed by atoms with Crippen molar-refractivity contribution in [2.45, 2.75) is 90.9 Å². The van der Waals surface area contributed by atoms with Crippen LogP contribution in [0.2, 0.25) is 0 Å². The van der Waals surface area contributed by atoms with Gasteiger partial charge < -0.3 is 9.26 Å². The highest BCUT2D eigenvalue weighted by atomic mass is 31.2. The molecule has 2 aromatic rings. The van der Waals surface area contributed by atoms with Crippen molar-refractivity contribution in [2.24, 2.45) is 0 Å². The van der Waals surface area contributed by atoms with E-state index in [1.165, 1.54) is 64.2 Å². The first-order valence-electron chi connectivity index (χ1n) is 13.4. The molecule has 1 atom stereocenters. The summed E-state index contributed by atoms with van der Waals surface area (Å²) in [5, 5.41) is 0.766. The van der Waals surface area contributed by atoms with Crippen LogP contribution in [0.3, 0.4) is 0 Å². The molecule has 0 saturated carbocycles. The highest BCUT2D eigenvalue weighted by molar-refractivity contribution is 7.65. The molecule has 4 nitrogen and oxygen atoms in total. The first kappa shape index (κ1) is 28.5. The largest absolute Gasteiger partial charge is 0.497 e. The molecule has 2 aromatic carbocycles. The van der Waals surface area contributed by atoms with E-state index >= 15 is 0 Å². The van der Waals surface area contributed by atoms with Crippen molar-refractivity contribution in [3.63, 3.8) is 0 Å². The average molecular weight is 488 g/mol. The fourth-order valence-electron chi connectivity index (χ4n) is 4.19. The molecule has 0 fully saturated rings. The molecule has 5 heteroatoms. The van der Waals surface area contributed by atoms with Gasteiger partial charge in [0.1, 0.15) is 11.5 Å². The molecule has 0 aliphatic rings. The van der Waals surface area contributed by atoms with Crippen LogP contribution >= 0.6 is 7.52 Å². The molecule has 0 aromatic heterocycles. The minimum atomic E-state index is -3.26. The molecule has 1 unspecified atom stereocenters. The van der Waals surface area contributed by atoms with E-state index in [0.29, 0.717) is 5.75 Å². The number of hydrogen-bond acceptors (Lipinski definition) is 3. The molecule has 0 amide bonds. The van der Waals surface area contributed by atoms with Crippen LogP contribution in [0.4, 0.5) is 0 Å². The highest BCUT2D eigenvalue weighted by Crippen LogP contribution is 2.50. The van der Waals surface area contributed by atoms with Crippen molar-refractivity contribution in [1.82, 2.24) is 4.67 Å². The molecule has 190 valence electrons. The maximum absolute atomic E-state index is 14.6. The Bertz CT molecular complexity index is 794. The van der Waals surface area contributed by atoms with Gasteiger partial charge in [0.2, 0.25) is 0 Å². The van der Waals surface area contributed by atoms with Gasteiger partial charge in [-0.05, 0) is 49.2 Å². The van der Waals surface area contributed by atoms with Crippen molar-refractivity contribution >= 4 is 12.8 Å². The quantitative estimate of drug-likeness (QED) is 0.147. The van der Waals surface area contributed by atoms with E-state index in [-0.39, 0.29) is 0 Å². The maximum atomic E-state index is 14.6. The lowest BCUT2D eigenvalue weighted by atomic mass is 10.1. The monoisotopic (exact) mass is 487 g/mol. The SMILES string of the molecule is CCCCCCCCN(CCCCCCCC)P(=O)(Oc1ccc(OC)cc1)c1ccccc1. The summed E-state index contributed by atoms with van der Waals surface area (Å²) in [7, 11) is -1.61. The van der Waals surface area contributed by atoms with Gasteiger partial charge in [0.15, 0.2) is 0 Å². The van der Waals surface area contributed by atoms with Gasteiger partial charge in [0, 0.05) is 13.1 Å². The van der Waals surface area contributed by atoms with Gasteiger partial charge in [-0.25, -0.2) is 4.67 Å². The van der Waals surface area contributed by atoms with Crippen LogP contribution in [-0.4, -0.2) is 24.9 Å². The van der Waals surface area contributed by atoms with E-state index < -0.39 is 7.52 Å². The van der Waals surface area contributed by atoms with E-state index in [4.69, 9.17) is 9.26 Å². The predicted octanol–water partition coefficient (Wildman–Crippen LogP) is 8.62. The molecule has 0 spiro atoms. The molecule has 0 radical (unpaired) electrons.